The molecule has 0 aromatic rings. The highest BCUT2D eigenvalue weighted by atomic mass is 16.6. The molecule has 0 fully saturated rings. The van der Waals surface area contributed by atoms with Gasteiger partial charge in [-0.1, -0.05) is 316 Å². The van der Waals surface area contributed by atoms with E-state index >= 15 is 0 Å². The van der Waals surface area contributed by atoms with Gasteiger partial charge in [0.05, 0.1) is 0 Å². The van der Waals surface area contributed by atoms with Crippen molar-refractivity contribution in [1.82, 2.24) is 0 Å². The Hall–Kier alpha value is -4.19. The lowest BCUT2D eigenvalue weighted by atomic mass is 10.0. The summed E-state index contributed by atoms with van der Waals surface area (Å²) >= 11 is 0. The molecule has 0 heterocycles. The Morgan fingerprint density at radius 3 is 0.744 bits per heavy atom. The maximum Gasteiger partial charge on any atom is 0.306 e. The molecule has 0 saturated heterocycles. The highest BCUT2D eigenvalue weighted by molar-refractivity contribution is 5.71. The summed E-state index contributed by atoms with van der Waals surface area (Å²) in [5.41, 5.74) is 0. The van der Waals surface area contributed by atoms with Crippen LogP contribution in [0, 0.1) is 0 Å². The number of hydrogen-bond acceptors (Lipinski definition) is 6. The van der Waals surface area contributed by atoms with Crippen LogP contribution in [0.5, 0.6) is 0 Å². The van der Waals surface area contributed by atoms with Crippen LogP contribution < -0.4 is 0 Å². The Labute approximate surface area is 507 Å². The van der Waals surface area contributed by atoms with E-state index in [-0.39, 0.29) is 31.1 Å². The van der Waals surface area contributed by atoms with Crippen molar-refractivity contribution in [3.05, 3.63) is 122 Å². The van der Waals surface area contributed by atoms with E-state index in [1.54, 1.807) is 0 Å². The maximum atomic E-state index is 12.9. The fourth-order valence-corrected chi connectivity index (χ4v) is 9.62. The lowest BCUT2D eigenvalue weighted by molar-refractivity contribution is -0.167. The van der Waals surface area contributed by atoms with Crippen molar-refractivity contribution in [1.29, 1.82) is 0 Å². The molecule has 0 saturated carbocycles. The van der Waals surface area contributed by atoms with Gasteiger partial charge in [0.25, 0.3) is 0 Å². The molecule has 0 amide bonds. The zero-order valence-electron chi connectivity index (χ0n) is 53.7. The summed E-state index contributed by atoms with van der Waals surface area (Å²) in [5.74, 6) is -0.901. The summed E-state index contributed by atoms with van der Waals surface area (Å²) in [7, 11) is 0. The lowest BCUT2D eigenvalue weighted by Gasteiger charge is -2.18. The topological polar surface area (TPSA) is 78.9 Å². The fraction of sp³-hybridized carbons (Fsp3) is 0.697. The number of unbranched alkanes of at least 4 members (excludes halogenated alkanes) is 31. The number of ether oxygens (including phenoxy) is 3. The minimum Gasteiger partial charge on any atom is -0.462 e. The number of rotatable bonds is 62. The molecule has 6 nitrogen and oxygen atoms in total. The Morgan fingerprint density at radius 2 is 0.476 bits per heavy atom. The van der Waals surface area contributed by atoms with E-state index in [0.717, 1.165) is 135 Å². The normalized spacial score (nSPS) is 12.9. The first-order chi connectivity index (χ1) is 40.5. The molecule has 0 aliphatic carbocycles. The van der Waals surface area contributed by atoms with Crippen molar-refractivity contribution < 1.29 is 28.6 Å². The summed E-state index contributed by atoms with van der Waals surface area (Å²) in [6.07, 6.45) is 96.4. The minimum absolute atomic E-state index is 0.0867. The number of carbonyl (C=O) groups excluding carboxylic acids is 3. The van der Waals surface area contributed by atoms with Gasteiger partial charge in [-0.3, -0.25) is 14.4 Å². The van der Waals surface area contributed by atoms with Crippen molar-refractivity contribution >= 4 is 17.9 Å². The second-order valence-electron chi connectivity index (χ2n) is 22.7. The van der Waals surface area contributed by atoms with Crippen LogP contribution in [0.4, 0.5) is 0 Å². The smallest absolute Gasteiger partial charge is 0.306 e. The molecule has 82 heavy (non-hydrogen) atoms. The van der Waals surface area contributed by atoms with Crippen LogP contribution in [0.1, 0.15) is 323 Å². The molecule has 0 aliphatic heterocycles. The van der Waals surface area contributed by atoms with Gasteiger partial charge in [0, 0.05) is 19.3 Å². The van der Waals surface area contributed by atoms with E-state index in [1.165, 1.54) is 148 Å². The van der Waals surface area contributed by atoms with Gasteiger partial charge in [-0.15, -0.1) is 0 Å². The van der Waals surface area contributed by atoms with Gasteiger partial charge in [-0.05, 0) is 109 Å². The average molecular weight is 1140 g/mol. The molecule has 468 valence electrons. The van der Waals surface area contributed by atoms with Crippen molar-refractivity contribution in [2.24, 2.45) is 0 Å². The Morgan fingerprint density at radius 1 is 0.256 bits per heavy atom. The minimum atomic E-state index is -0.794. The SMILES string of the molecule is CC/C=C\C/C=C\C/C=C\C/C=C\C/C=C\C/C=C\CCCCCCCCCCCCCCC(=O)OCC(COC(=O)CCCCCCCCCCCCCCCCCC)OC(=O)CCCCCC/C=C\C/C=C\C/C=C\C/C=C\CC. The van der Waals surface area contributed by atoms with Crippen LogP contribution in [0.25, 0.3) is 0 Å². The molecule has 0 aromatic carbocycles. The van der Waals surface area contributed by atoms with Crippen molar-refractivity contribution in [3.63, 3.8) is 0 Å². The monoisotopic (exact) mass is 1140 g/mol. The average Bonchev–Trinajstić information content (AvgIpc) is 3.48. The molecule has 1 atom stereocenters. The third-order valence-corrected chi connectivity index (χ3v) is 14.7. The van der Waals surface area contributed by atoms with E-state index in [4.69, 9.17) is 14.2 Å². The highest BCUT2D eigenvalue weighted by Gasteiger charge is 2.19. The Bertz CT molecular complexity index is 1690. The van der Waals surface area contributed by atoms with Crippen LogP contribution in [-0.4, -0.2) is 37.2 Å². The van der Waals surface area contributed by atoms with Crippen LogP contribution in [0.3, 0.4) is 0 Å². The van der Waals surface area contributed by atoms with E-state index in [0.29, 0.717) is 19.3 Å². The first-order valence-corrected chi connectivity index (χ1v) is 34.5. The van der Waals surface area contributed by atoms with E-state index < -0.39 is 6.10 Å². The van der Waals surface area contributed by atoms with E-state index in [1.807, 2.05) is 0 Å². The zero-order chi connectivity index (χ0) is 59.2. The van der Waals surface area contributed by atoms with E-state index in [2.05, 4.69) is 142 Å². The Kier molecular flexibility index (Phi) is 65.8. The zero-order valence-corrected chi connectivity index (χ0v) is 53.7. The molecule has 6 heteroatoms. The molecule has 0 bridgehead atoms. The molecule has 1 unspecified atom stereocenters. The molecule has 0 radical (unpaired) electrons. The van der Waals surface area contributed by atoms with Gasteiger partial charge < -0.3 is 14.2 Å². The molecule has 0 N–H and O–H groups in total. The molecular weight excluding hydrogens is 1010 g/mol. The largest absolute Gasteiger partial charge is 0.462 e. The molecule has 0 aromatic heterocycles. The highest BCUT2D eigenvalue weighted by Crippen LogP contribution is 2.17. The summed E-state index contributed by atoms with van der Waals surface area (Å²) in [6, 6.07) is 0. The molecular formula is C76H128O6. The van der Waals surface area contributed by atoms with Crippen LogP contribution >= 0.6 is 0 Å². The number of hydrogen-bond donors (Lipinski definition) is 0. The molecule has 0 spiro atoms. The number of allylic oxidation sites excluding steroid dienone is 20. The van der Waals surface area contributed by atoms with Gasteiger partial charge in [0.2, 0.25) is 0 Å². The second kappa shape index (κ2) is 69.3. The van der Waals surface area contributed by atoms with Crippen LogP contribution in [0.2, 0.25) is 0 Å². The molecule has 0 rings (SSSR count). The first kappa shape index (κ1) is 77.8. The number of esters is 3. The van der Waals surface area contributed by atoms with Gasteiger partial charge in [-0.2, -0.15) is 0 Å². The van der Waals surface area contributed by atoms with Gasteiger partial charge in [0.1, 0.15) is 13.2 Å². The maximum absolute atomic E-state index is 12.9. The predicted molar refractivity (Wildman–Crippen MR) is 357 cm³/mol. The third-order valence-electron chi connectivity index (χ3n) is 14.7. The van der Waals surface area contributed by atoms with Gasteiger partial charge in [-0.25, -0.2) is 0 Å². The second-order valence-corrected chi connectivity index (χ2v) is 22.7. The summed E-state index contributed by atoms with van der Waals surface area (Å²) in [6.45, 7) is 6.42. The quantitative estimate of drug-likeness (QED) is 0.0261. The summed E-state index contributed by atoms with van der Waals surface area (Å²) < 4.78 is 17.0. The van der Waals surface area contributed by atoms with Crippen molar-refractivity contribution in [3.8, 4) is 0 Å². The van der Waals surface area contributed by atoms with Gasteiger partial charge >= 0.3 is 17.9 Å². The third kappa shape index (κ3) is 66.6. The summed E-state index contributed by atoms with van der Waals surface area (Å²) in [4.78, 5) is 38.4. The first-order valence-electron chi connectivity index (χ1n) is 34.5. The summed E-state index contributed by atoms with van der Waals surface area (Å²) in [5, 5.41) is 0. The van der Waals surface area contributed by atoms with Crippen molar-refractivity contribution in [2.75, 3.05) is 13.2 Å². The number of carbonyl (C=O) groups is 3. The Balaban J connectivity index is 4.30. The predicted octanol–water partition coefficient (Wildman–Crippen LogP) is 23.9. The van der Waals surface area contributed by atoms with Gasteiger partial charge in [0.15, 0.2) is 6.10 Å². The van der Waals surface area contributed by atoms with Crippen LogP contribution in [-0.2, 0) is 28.6 Å². The van der Waals surface area contributed by atoms with E-state index in [9.17, 15) is 14.4 Å². The van der Waals surface area contributed by atoms with Crippen LogP contribution in [0.15, 0.2) is 122 Å². The molecule has 0 aliphatic rings. The fourth-order valence-electron chi connectivity index (χ4n) is 9.62. The standard InChI is InChI=1S/C76H128O6/c1-4-7-10-13-16-19-22-25-28-31-32-33-34-35-36-37-38-39-40-41-42-43-44-46-48-51-54-57-60-63-66-69-75(78)81-72-73(71-80-74(77)68-65-62-59-56-53-50-47-30-27-24-21-18-15-12-9-6-3)82-76(79)70-67-64-61-58-55-52-49-45-29-26-23-20-17-14-11-8-5-2/h7-8,10-11,16-17,19-20,25-26,28-29,32-33,35-36,38-39,49,52,73H,4-6,9,12-15,18,21-24,27,30-31,34,37,40-48,50-51,53-72H2,1-3H3/b10-7-,11-8-,19-16-,20-17-,28-25-,29-26-,33-32-,36-35-,39-38-,52-49-. The lowest BCUT2D eigenvalue weighted by Crippen LogP contribution is -2.30. The van der Waals surface area contributed by atoms with Crippen molar-refractivity contribution in [2.45, 2.75) is 329 Å².